The third kappa shape index (κ3) is 3.78. The summed E-state index contributed by atoms with van der Waals surface area (Å²) < 4.78 is 13.9. The molecule has 2 rings (SSSR count). The molecule has 2 aromatic rings. The van der Waals surface area contributed by atoms with Gasteiger partial charge < -0.3 is 5.32 Å². The van der Waals surface area contributed by atoms with E-state index in [1.54, 1.807) is 24.3 Å². The van der Waals surface area contributed by atoms with Crippen molar-refractivity contribution in [1.29, 1.82) is 0 Å². The van der Waals surface area contributed by atoms with Gasteiger partial charge in [-0.1, -0.05) is 18.2 Å². The number of nitro benzene ring substituents is 1. The molecule has 0 aliphatic rings. The van der Waals surface area contributed by atoms with E-state index in [2.05, 4.69) is 21.2 Å². The molecule has 0 unspecified atom stereocenters. The lowest BCUT2D eigenvalue weighted by molar-refractivity contribution is -0.385. The number of nitro groups is 1. The molecule has 2 aromatic carbocycles. The monoisotopic (exact) mass is 352 g/mol. The van der Waals surface area contributed by atoms with Gasteiger partial charge in [0.15, 0.2) is 0 Å². The molecule has 0 aliphatic heterocycles. The maximum absolute atomic E-state index is 13.5. The van der Waals surface area contributed by atoms with Crippen LogP contribution in [0.3, 0.4) is 0 Å². The number of para-hydroxylation sites is 1. The highest BCUT2D eigenvalue weighted by Crippen LogP contribution is 2.24. The van der Waals surface area contributed by atoms with Crippen molar-refractivity contribution < 1.29 is 9.31 Å². The molecule has 0 radical (unpaired) electrons. The SMILES string of the molecule is Cc1cc(Br)c(F)cc1NCCc1ccccc1[N+](=O)[O-]. The molecular weight excluding hydrogens is 339 g/mol. The Morgan fingerprint density at radius 1 is 1.33 bits per heavy atom. The standard InChI is InChI=1S/C15H14BrFN2O2/c1-10-8-12(16)13(17)9-14(10)18-7-6-11-4-2-3-5-15(11)19(20)21/h2-5,8-9,18H,6-7H2,1H3. The lowest BCUT2D eigenvalue weighted by atomic mass is 10.1. The molecular formula is C15H14BrFN2O2. The molecule has 1 N–H and O–H groups in total. The Hall–Kier alpha value is -1.95. The van der Waals surface area contributed by atoms with Crippen LogP contribution in [-0.4, -0.2) is 11.5 Å². The Morgan fingerprint density at radius 3 is 2.76 bits per heavy atom. The minimum absolute atomic E-state index is 0.109. The molecule has 0 fully saturated rings. The second kappa shape index (κ2) is 6.67. The number of nitrogens with one attached hydrogen (secondary N) is 1. The van der Waals surface area contributed by atoms with Crippen LogP contribution in [0.5, 0.6) is 0 Å². The lowest BCUT2D eigenvalue weighted by Gasteiger charge is -2.10. The quantitative estimate of drug-likeness (QED) is 0.638. The van der Waals surface area contributed by atoms with Gasteiger partial charge >= 0.3 is 0 Å². The maximum Gasteiger partial charge on any atom is 0.272 e. The van der Waals surface area contributed by atoms with Crippen LogP contribution in [0.25, 0.3) is 0 Å². The molecule has 0 saturated carbocycles. The van der Waals surface area contributed by atoms with Crippen molar-refractivity contribution in [2.45, 2.75) is 13.3 Å². The minimum Gasteiger partial charge on any atom is -0.384 e. The molecule has 21 heavy (non-hydrogen) atoms. The van der Waals surface area contributed by atoms with Crippen molar-refractivity contribution in [1.82, 2.24) is 0 Å². The van der Waals surface area contributed by atoms with Gasteiger partial charge in [-0.25, -0.2) is 4.39 Å². The summed E-state index contributed by atoms with van der Waals surface area (Å²) in [6.45, 7) is 2.37. The molecule has 0 spiro atoms. The molecule has 0 heterocycles. The van der Waals surface area contributed by atoms with Crippen LogP contribution in [0.4, 0.5) is 15.8 Å². The highest BCUT2D eigenvalue weighted by atomic mass is 79.9. The zero-order chi connectivity index (χ0) is 15.4. The Bertz CT molecular complexity index is 677. The van der Waals surface area contributed by atoms with Crippen molar-refractivity contribution in [2.24, 2.45) is 0 Å². The highest BCUT2D eigenvalue weighted by molar-refractivity contribution is 9.10. The van der Waals surface area contributed by atoms with Gasteiger partial charge in [-0.2, -0.15) is 0 Å². The van der Waals surface area contributed by atoms with E-state index in [-0.39, 0.29) is 16.4 Å². The fraction of sp³-hybridized carbons (Fsp3) is 0.200. The fourth-order valence-corrected chi connectivity index (χ4v) is 2.53. The van der Waals surface area contributed by atoms with Gasteiger partial charge in [0, 0.05) is 23.9 Å². The van der Waals surface area contributed by atoms with E-state index in [9.17, 15) is 14.5 Å². The maximum atomic E-state index is 13.5. The third-order valence-electron chi connectivity index (χ3n) is 3.17. The van der Waals surface area contributed by atoms with E-state index in [0.29, 0.717) is 28.7 Å². The number of hydrogen-bond acceptors (Lipinski definition) is 3. The van der Waals surface area contributed by atoms with Gasteiger partial charge in [0.25, 0.3) is 5.69 Å². The first-order chi connectivity index (χ1) is 9.99. The van der Waals surface area contributed by atoms with Crippen LogP contribution in [-0.2, 0) is 6.42 Å². The Balaban J connectivity index is 2.06. The minimum atomic E-state index is -0.389. The smallest absolute Gasteiger partial charge is 0.272 e. The molecule has 0 aliphatic carbocycles. The third-order valence-corrected chi connectivity index (χ3v) is 3.77. The highest BCUT2D eigenvalue weighted by Gasteiger charge is 2.12. The van der Waals surface area contributed by atoms with Gasteiger partial charge in [0.05, 0.1) is 9.40 Å². The van der Waals surface area contributed by atoms with Crippen molar-refractivity contribution in [3.8, 4) is 0 Å². The predicted molar refractivity (Wildman–Crippen MR) is 84.1 cm³/mol. The second-order valence-corrected chi connectivity index (χ2v) is 5.50. The summed E-state index contributed by atoms with van der Waals surface area (Å²) in [4.78, 5) is 10.5. The normalized spacial score (nSPS) is 10.4. The van der Waals surface area contributed by atoms with E-state index < -0.39 is 0 Å². The van der Waals surface area contributed by atoms with Crippen LogP contribution < -0.4 is 5.32 Å². The summed E-state index contributed by atoms with van der Waals surface area (Å²) in [5, 5.41) is 14.0. The van der Waals surface area contributed by atoms with E-state index in [1.807, 2.05) is 6.92 Å². The number of benzene rings is 2. The van der Waals surface area contributed by atoms with E-state index in [1.165, 1.54) is 12.1 Å². The summed E-state index contributed by atoms with van der Waals surface area (Å²) in [7, 11) is 0. The number of halogens is 2. The molecule has 0 saturated heterocycles. The summed E-state index contributed by atoms with van der Waals surface area (Å²) in [6.07, 6.45) is 0.494. The average molecular weight is 353 g/mol. The van der Waals surface area contributed by atoms with Crippen LogP contribution in [0, 0.1) is 22.9 Å². The molecule has 6 heteroatoms. The average Bonchev–Trinajstić information content (AvgIpc) is 2.44. The van der Waals surface area contributed by atoms with Crippen molar-refractivity contribution in [2.75, 3.05) is 11.9 Å². The molecule has 0 atom stereocenters. The Labute approximate surface area is 130 Å². The van der Waals surface area contributed by atoms with Crippen LogP contribution in [0.1, 0.15) is 11.1 Å². The number of anilines is 1. The molecule has 0 aromatic heterocycles. The Morgan fingerprint density at radius 2 is 2.05 bits per heavy atom. The molecule has 0 bridgehead atoms. The van der Waals surface area contributed by atoms with E-state index in [0.717, 1.165) is 5.56 Å². The van der Waals surface area contributed by atoms with Crippen LogP contribution >= 0.6 is 15.9 Å². The van der Waals surface area contributed by atoms with Gasteiger partial charge in [-0.05, 0) is 47.0 Å². The summed E-state index contributed by atoms with van der Waals surface area (Å²) in [5.74, 6) is -0.339. The topological polar surface area (TPSA) is 55.2 Å². The first-order valence-electron chi connectivity index (χ1n) is 6.41. The van der Waals surface area contributed by atoms with Gasteiger partial charge in [0.2, 0.25) is 0 Å². The second-order valence-electron chi connectivity index (χ2n) is 4.64. The fourth-order valence-electron chi connectivity index (χ4n) is 2.07. The van der Waals surface area contributed by atoms with Crippen molar-refractivity contribution in [3.63, 3.8) is 0 Å². The number of aryl methyl sites for hydroxylation is 1. The van der Waals surface area contributed by atoms with Crippen molar-refractivity contribution >= 4 is 27.3 Å². The van der Waals surface area contributed by atoms with Gasteiger partial charge in [-0.15, -0.1) is 0 Å². The summed E-state index contributed by atoms with van der Waals surface area (Å²) >= 11 is 3.13. The summed E-state index contributed by atoms with van der Waals surface area (Å²) in [5.41, 5.74) is 2.36. The van der Waals surface area contributed by atoms with E-state index >= 15 is 0 Å². The largest absolute Gasteiger partial charge is 0.384 e. The summed E-state index contributed by atoms with van der Waals surface area (Å²) in [6, 6.07) is 9.74. The number of nitrogens with zero attached hydrogens (tertiary/aromatic N) is 1. The number of hydrogen-bond donors (Lipinski definition) is 1. The first kappa shape index (κ1) is 15.4. The first-order valence-corrected chi connectivity index (χ1v) is 7.20. The van der Waals surface area contributed by atoms with Crippen molar-refractivity contribution in [3.05, 3.63) is 67.9 Å². The predicted octanol–water partition coefficient (Wildman–Crippen LogP) is 4.46. The van der Waals surface area contributed by atoms with Crippen LogP contribution in [0.15, 0.2) is 40.9 Å². The van der Waals surface area contributed by atoms with Gasteiger partial charge in [-0.3, -0.25) is 10.1 Å². The molecule has 110 valence electrons. The molecule has 0 amide bonds. The van der Waals surface area contributed by atoms with Crippen LogP contribution in [0.2, 0.25) is 0 Å². The Kier molecular flexibility index (Phi) is 4.90. The zero-order valence-corrected chi connectivity index (χ0v) is 13.0. The van der Waals surface area contributed by atoms with Gasteiger partial charge in [0.1, 0.15) is 5.82 Å². The van der Waals surface area contributed by atoms with E-state index in [4.69, 9.17) is 0 Å². The number of rotatable bonds is 5. The molecule has 4 nitrogen and oxygen atoms in total. The zero-order valence-electron chi connectivity index (χ0n) is 11.4. The lowest BCUT2D eigenvalue weighted by Crippen LogP contribution is -2.08.